The molecule has 3 nitrogen and oxygen atoms in total. The van der Waals surface area contributed by atoms with E-state index in [4.69, 9.17) is 4.74 Å². The molecule has 0 radical (unpaired) electrons. The Balaban J connectivity index is 1.53. The van der Waals surface area contributed by atoms with E-state index in [9.17, 15) is 4.79 Å². The van der Waals surface area contributed by atoms with Crippen molar-refractivity contribution in [3.05, 3.63) is 101 Å². The second kappa shape index (κ2) is 6.65. The summed E-state index contributed by atoms with van der Waals surface area (Å²) in [6.07, 6.45) is 0. The summed E-state index contributed by atoms with van der Waals surface area (Å²) < 4.78 is 5.83. The molecule has 1 N–H and O–H groups in total. The molecule has 3 heteroatoms. The first-order valence-electron chi connectivity index (χ1n) is 8.18. The van der Waals surface area contributed by atoms with E-state index < -0.39 is 0 Å². The Bertz CT molecular complexity index is 1050. The molecule has 0 spiro atoms. The number of nitrogens with one attached hydrogen (secondary N) is 1. The van der Waals surface area contributed by atoms with Gasteiger partial charge in [-0.3, -0.25) is 4.79 Å². The van der Waals surface area contributed by atoms with Crippen LogP contribution in [0, 0.1) is 0 Å². The van der Waals surface area contributed by atoms with Crippen LogP contribution in [0.2, 0.25) is 0 Å². The normalized spacial score (nSPS) is 10.7. The first-order chi connectivity index (χ1) is 12.3. The third kappa shape index (κ3) is 3.45. The van der Waals surface area contributed by atoms with Crippen molar-refractivity contribution in [2.45, 2.75) is 6.61 Å². The number of hydrogen-bond donors (Lipinski definition) is 1. The van der Waals surface area contributed by atoms with Gasteiger partial charge >= 0.3 is 0 Å². The Hall–Kier alpha value is -3.33. The van der Waals surface area contributed by atoms with Crippen molar-refractivity contribution in [2.75, 3.05) is 0 Å². The first-order valence-corrected chi connectivity index (χ1v) is 8.18. The lowest BCUT2D eigenvalue weighted by Crippen LogP contribution is -2.01. The van der Waals surface area contributed by atoms with Crippen molar-refractivity contribution in [1.29, 1.82) is 0 Å². The molecular weight excluding hydrogens is 310 g/mol. The Morgan fingerprint density at radius 1 is 0.760 bits per heavy atom. The molecule has 0 atom stereocenters. The molecule has 1 heterocycles. The Morgan fingerprint density at radius 3 is 2.32 bits per heavy atom. The molecular formula is C22H17NO2. The lowest BCUT2D eigenvalue weighted by Gasteiger charge is -2.08. The predicted octanol–water partition coefficient (Wildman–Crippen LogP) is 4.77. The van der Waals surface area contributed by atoms with Gasteiger partial charge < -0.3 is 9.72 Å². The van der Waals surface area contributed by atoms with Crippen LogP contribution in [-0.4, -0.2) is 4.98 Å². The van der Waals surface area contributed by atoms with E-state index in [1.807, 2.05) is 72.8 Å². The minimum Gasteiger partial charge on any atom is -0.489 e. The topological polar surface area (TPSA) is 42.1 Å². The van der Waals surface area contributed by atoms with Crippen molar-refractivity contribution < 1.29 is 4.74 Å². The summed E-state index contributed by atoms with van der Waals surface area (Å²) in [4.78, 5) is 14.2. The molecule has 1 aromatic heterocycles. The summed E-state index contributed by atoms with van der Waals surface area (Å²) in [5, 5.41) is 1.02. The van der Waals surface area contributed by atoms with Gasteiger partial charge in [0.15, 0.2) is 0 Å². The van der Waals surface area contributed by atoms with Gasteiger partial charge in [-0.1, -0.05) is 48.5 Å². The maximum absolute atomic E-state index is 11.4. The van der Waals surface area contributed by atoms with Crippen molar-refractivity contribution in [3.63, 3.8) is 0 Å². The summed E-state index contributed by atoms with van der Waals surface area (Å²) in [7, 11) is 0. The van der Waals surface area contributed by atoms with Gasteiger partial charge in [0.1, 0.15) is 12.4 Å². The van der Waals surface area contributed by atoms with E-state index in [1.54, 1.807) is 6.07 Å². The number of pyridine rings is 1. The zero-order valence-corrected chi connectivity index (χ0v) is 13.6. The van der Waals surface area contributed by atoms with Crippen LogP contribution in [0.25, 0.3) is 22.0 Å². The maximum atomic E-state index is 11.4. The monoisotopic (exact) mass is 327 g/mol. The average Bonchev–Trinajstić information content (AvgIpc) is 2.67. The fourth-order valence-corrected chi connectivity index (χ4v) is 2.82. The SMILES string of the molecule is O=c1ccc2cc(-c3ccc(OCc4ccccc4)cc3)ccc2[nH]1. The minimum absolute atomic E-state index is 0.0832. The van der Waals surface area contributed by atoms with E-state index in [-0.39, 0.29) is 5.56 Å². The highest BCUT2D eigenvalue weighted by molar-refractivity contribution is 5.84. The van der Waals surface area contributed by atoms with Crippen LogP contribution in [0.15, 0.2) is 89.7 Å². The molecule has 25 heavy (non-hydrogen) atoms. The average molecular weight is 327 g/mol. The molecule has 4 aromatic rings. The molecule has 0 aliphatic carbocycles. The lowest BCUT2D eigenvalue weighted by atomic mass is 10.0. The van der Waals surface area contributed by atoms with Gasteiger partial charge in [0.25, 0.3) is 0 Å². The van der Waals surface area contributed by atoms with Crippen LogP contribution >= 0.6 is 0 Å². The quantitative estimate of drug-likeness (QED) is 0.586. The molecule has 0 amide bonds. The number of hydrogen-bond acceptors (Lipinski definition) is 2. The highest BCUT2D eigenvalue weighted by atomic mass is 16.5. The standard InChI is InChI=1S/C22H17NO2/c24-22-13-9-19-14-18(8-12-21(19)23-22)17-6-10-20(11-7-17)25-15-16-4-2-1-3-5-16/h1-14H,15H2,(H,23,24). The molecule has 0 unspecified atom stereocenters. The molecule has 0 fully saturated rings. The fraction of sp³-hybridized carbons (Fsp3) is 0.0455. The van der Waals surface area contributed by atoms with E-state index in [2.05, 4.69) is 11.1 Å². The third-order valence-electron chi connectivity index (χ3n) is 4.16. The van der Waals surface area contributed by atoms with Crippen molar-refractivity contribution in [1.82, 2.24) is 4.98 Å². The summed E-state index contributed by atoms with van der Waals surface area (Å²) in [5.41, 5.74) is 4.13. The first kappa shape index (κ1) is 15.2. The minimum atomic E-state index is -0.0832. The van der Waals surface area contributed by atoms with Crippen molar-refractivity contribution in [2.24, 2.45) is 0 Å². The Morgan fingerprint density at radius 2 is 1.52 bits per heavy atom. The molecule has 0 saturated carbocycles. The van der Waals surface area contributed by atoms with Crippen molar-refractivity contribution >= 4 is 10.9 Å². The van der Waals surface area contributed by atoms with Crippen LogP contribution < -0.4 is 10.3 Å². The zero-order valence-electron chi connectivity index (χ0n) is 13.6. The number of aromatic amines is 1. The summed E-state index contributed by atoms with van der Waals surface area (Å²) in [6, 6.07) is 27.6. The van der Waals surface area contributed by atoms with Crippen molar-refractivity contribution in [3.8, 4) is 16.9 Å². The largest absolute Gasteiger partial charge is 0.489 e. The number of fused-ring (bicyclic) bond motifs is 1. The van der Waals surface area contributed by atoms with Crippen LogP contribution in [0.1, 0.15) is 5.56 Å². The Labute approximate surface area is 145 Å². The second-order valence-corrected chi connectivity index (χ2v) is 5.92. The van der Waals surface area contributed by atoms with E-state index in [0.717, 1.165) is 33.3 Å². The molecule has 0 bridgehead atoms. The summed E-state index contributed by atoms with van der Waals surface area (Å²) >= 11 is 0. The highest BCUT2D eigenvalue weighted by Crippen LogP contribution is 2.25. The van der Waals surface area contributed by atoms with Crippen LogP contribution in [-0.2, 0) is 6.61 Å². The Kier molecular flexibility index (Phi) is 4.05. The third-order valence-corrected chi connectivity index (χ3v) is 4.16. The smallest absolute Gasteiger partial charge is 0.248 e. The molecule has 4 rings (SSSR count). The molecule has 0 aliphatic rings. The zero-order chi connectivity index (χ0) is 17.1. The van der Waals surface area contributed by atoms with E-state index >= 15 is 0 Å². The lowest BCUT2D eigenvalue weighted by molar-refractivity contribution is 0.306. The molecule has 122 valence electrons. The molecule has 3 aromatic carbocycles. The summed E-state index contributed by atoms with van der Waals surface area (Å²) in [6.45, 7) is 0.559. The molecule has 0 aliphatic heterocycles. The number of aromatic nitrogens is 1. The van der Waals surface area contributed by atoms with Gasteiger partial charge in [-0.2, -0.15) is 0 Å². The fourth-order valence-electron chi connectivity index (χ4n) is 2.82. The summed E-state index contributed by atoms with van der Waals surface area (Å²) in [5.74, 6) is 0.845. The van der Waals surface area contributed by atoms with E-state index in [0.29, 0.717) is 6.61 Å². The van der Waals surface area contributed by atoms with Gasteiger partial charge in [0.2, 0.25) is 5.56 Å². The van der Waals surface area contributed by atoms with Gasteiger partial charge in [0, 0.05) is 11.6 Å². The van der Waals surface area contributed by atoms with Crippen LogP contribution in [0.4, 0.5) is 0 Å². The van der Waals surface area contributed by atoms with Gasteiger partial charge in [-0.05, 0) is 52.4 Å². The predicted molar refractivity (Wildman–Crippen MR) is 101 cm³/mol. The maximum Gasteiger partial charge on any atom is 0.248 e. The highest BCUT2D eigenvalue weighted by Gasteiger charge is 2.02. The number of rotatable bonds is 4. The number of ether oxygens (including phenoxy) is 1. The van der Waals surface area contributed by atoms with Crippen LogP contribution in [0.3, 0.4) is 0 Å². The van der Waals surface area contributed by atoms with Gasteiger partial charge in [-0.15, -0.1) is 0 Å². The van der Waals surface area contributed by atoms with Crippen LogP contribution in [0.5, 0.6) is 5.75 Å². The number of H-pyrrole nitrogens is 1. The van der Waals surface area contributed by atoms with E-state index in [1.165, 1.54) is 0 Å². The van der Waals surface area contributed by atoms with Gasteiger partial charge in [0.05, 0.1) is 0 Å². The second-order valence-electron chi connectivity index (χ2n) is 5.92. The number of benzene rings is 3. The molecule has 0 saturated heterocycles. The van der Waals surface area contributed by atoms with Gasteiger partial charge in [-0.25, -0.2) is 0 Å².